The summed E-state index contributed by atoms with van der Waals surface area (Å²) < 4.78 is 4.30. The topological polar surface area (TPSA) is 0 Å². The quantitative estimate of drug-likeness (QED) is 0.272. The molecule has 0 spiro atoms. The van der Waals surface area contributed by atoms with E-state index in [1.807, 2.05) is 6.48 Å². The third-order valence-corrected chi connectivity index (χ3v) is 17.7. The number of hydrogen-bond acceptors (Lipinski definition) is 0. The van der Waals surface area contributed by atoms with Crippen LogP contribution in [-0.4, -0.2) is 3.21 Å². The van der Waals surface area contributed by atoms with Gasteiger partial charge in [0, 0.05) is 0 Å². The van der Waals surface area contributed by atoms with Crippen molar-refractivity contribution in [2.45, 2.75) is 109 Å². The number of unbranched alkanes of at least 4 members (excludes halogenated alkanes) is 1. The maximum atomic E-state index is 2.60. The smallest absolute Gasteiger partial charge is 1.00 e. The Kier molecular flexibility index (Phi) is 11.9. The second kappa shape index (κ2) is 14.3. The van der Waals surface area contributed by atoms with Gasteiger partial charge >= 0.3 is 260 Å². The Morgan fingerprint density at radius 3 is 2.00 bits per heavy atom. The third kappa shape index (κ3) is 7.48. The molecule has 0 unspecified atom stereocenters. The van der Waals surface area contributed by atoms with Gasteiger partial charge in [0.15, 0.2) is 0 Å². The number of allylic oxidation sites excluding steroid dienone is 4. The largest absolute Gasteiger partial charge is 1.00 e. The van der Waals surface area contributed by atoms with Gasteiger partial charge in [0.25, 0.3) is 0 Å². The van der Waals surface area contributed by atoms with Crippen molar-refractivity contribution in [1.82, 2.24) is 0 Å². The van der Waals surface area contributed by atoms with E-state index in [1.165, 1.54) is 52.6 Å². The van der Waals surface area contributed by atoms with Crippen LogP contribution in [0.15, 0.2) is 72.8 Å². The standard InChI is InChI=1S/C23H29.C12H16.C5H5.2ClH.Zr/c1-14-9-16-11-17-10-15(2)21(23(6,7)8)13-19(17)18(16)12-20(14)22(3,4)5;1-2-3-4-6-9-12-10-7-5-8-11-12;1-2-4-5-3-1;;;/h9,12-13H,11H2,1-8H3;5,7-8,10-11H,2-4,9H2,1H3;1-5H;2*1H;/q;;;;;+2/p-2. The van der Waals surface area contributed by atoms with Crippen molar-refractivity contribution >= 4 is 6.48 Å². The summed E-state index contributed by atoms with van der Waals surface area (Å²) in [6.07, 6.45) is 15.8. The summed E-state index contributed by atoms with van der Waals surface area (Å²) in [5, 5.41) is 0. The van der Waals surface area contributed by atoms with Crippen LogP contribution in [0.5, 0.6) is 0 Å². The van der Waals surface area contributed by atoms with Crippen molar-refractivity contribution in [3.63, 3.8) is 0 Å². The normalized spacial score (nSPS) is 14.2. The maximum Gasteiger partial charge on any atom is -1.00 e. The molecule has 2 aliphatic rings. The molecule has 0 aromatic heterocycles. The molecule has 2 aliphatic carbocycles. The zero-order valence-corrected chi connectivity index (χ0v) is 31.8. The van der Waals surface area contributed by atoms with Crippen LogP contribution >= 0.6 is 0 Å². The second-order valence-corrected chi connectivity index (χ2v) is 21.2. The summed E-state index contributed by atoms with van der Waals surface area (Å²) in [5.74, 6) is 0. The monoisotopic (exact) mass is 690 g/mol. The fourth-order valence-corrected chi connectivity index (χ4v) is 16.4. The minimum atomic E-state index is -2.41. The molecule has 0 saturated carbocycles. The van der Waals surface area contributed by atoms with Crippen LogP contribution in [0.3, 0.4) is 0 Å². The Hall–Kier alpha value is -1.53. The van der Waals surface area contributed by atoms with Gasteiger partial charge in [0.05, 0.1) is 0 Å². The Morgan fingerprint density at radius 2 is 1.42 bits per heavy atom. The Balaban J connectivity index is 0.00000253. The first kappa shape index (κ1) is 35.9. The van der Waals surface area contributed by atoms with E-state index < -0.39 is 21.3 Å². The van der Waals surface area contributed by atoms with Crippen LogP contribution < -0.4 is 28.1 Å². The van der Waals surface area contributed by atoms with Gasteiger partial charge in [-0.3, -0.25) is 0 Å². The van der Waals surface area contributed by atoms with Crippen LogP contribution in [-0.2, 0) is 44.9 Å². The van der Waals surface area contributed by atoms with E-state index in [0.717, 1.165) is 12.8 Å². The summed E-state index contributed by atoms with van der Waals surface area (Å²) in [5.41, 5.74) is 14.1. The molecule has 3 aromatic carbocycles. The average Bonchev–Trinajstić information content (AvgIpc) is 3.55. The Morgan fingerprint density at radius 1 is 0.814 bits per heavy atom. The molecule has 0 fully saturated rings. The molecule has 3 heteroatoms. The van der Waals surface area contributed by atoms with E-state index in [2.05, 4.69) is 135 Å². The van der Waals surface area contributed by atoms with Crippen molar-refractivity contribution in [2.75, 3.05) is 0 Å². The van der Waals surface area contributed by atoms with Gasteiger partial charge in [-0.05, 0) is 0 Å². The Labute approximate surface area is 282 Å². The van der Waals surface area contributed by atoms with Gasteiger partial charge in [0.2, 0.25) is 0 Å². The van der Waals surface area contributed by atoms with E-state index in [9.17, 15) is 0 Å². The van der Waals surface area contributed by atoms with Crippen LogP contribution in [0.4, 0.5) is 0 Å². The zero-order valence-electron chi connectivity index (χ0n) is 27.8. The zero-order chi connectivity index (χ0) is 29.5. The first-order valence-corrected chi connectivity index (χ1v) is 19.7. The number of aryl methyl sites for hydroxylation is 1. The van der Waals surface area contributed by atoms with E-state index >= 15 is 0 Å². The van der Waals surface area contributed by atoms with E-state index in [1.54, 1.807) is 16.7 Å². The minimum Gasteiger partial charge on any atom is -1.00 e. The molecule has 3 aromatic rings. The summed E-state index contributed by atoms with van der Waals surface area (Å²) in [4.78, 5) is 0. The first-order valence-electron chi connectivity index (χ1n) is 15.8. The van der Waals surface area contributed by atoms with Crippen molar-refractivity contribution in [3.8, 4) is 11.1 Å². The van der Waals surface area contributed by atoms with Crippen LogP contribution in [0.2, 0.25) is 3.63 Å². The van der Waals surface area contributed by atoms with Gasteiger partial charge in [-0.1, -0.05) is 0 Å². The van der Waals surface area contributed by atoms with Crippen LogP contribution in [0, 0.1) is 13.8 Å². The van der Waals surface area contributed by atoms with Crippen molar-refractivity contribution < 1.29 is 46.1 Å². The maximum absolute atomic E-state index is 2.60. The average molecular weight is 693 g/mol. The molecule has 0 nitrogen and oxygen atoms in total. The molecule has 0 aliphatic heterocycles. The number of fused-ring (bicyclic) bond motifs is 3. The van der Waals surface area contributed by atoms with Gasteiger partial charge in [0.1, 0.15) is 0 Å². The second-order valence-electron chi connectivity index (χ2n) is 14.5. The molecule has 5 rings (SSSR count). The predicted octanol–water partition coefficient (Wildman–Crippen LogP) is 4.24. The molecule has 0 bridgehead atoms. The number of halogens is 2. The van der Waals surface area contributed by atoms with E-state index in [-0.39, 0.29) is 35.6 Å². The molecule has 0 N–H and O–H groups in total. The van der Waals surface area contributed by atoms with Crippen molar-refractivity contribution in [3.05, 3.63) is 112 Å². The molecule has 43 heavy (non-hydrogen) atoms. The van der Waals surface area contributed by atoms with Gasteiger partial charge in [-0.2, -0.15) is 0 Å². The predicted molar refractivity (Wildman–Crippen MR) is 178 cm³/mol. The van der Waals surface area contributed by atoms with E-state index in [4.69, 9.17) is 0 Å². The molecule has 0 heterocycles. The SMILES string of the molecule is CCCC[C](Cc1ccccc1)=[Zr+2]([c]1c(C)c(C(C)(C)C)cc2c1Cc1cc(C)c(C(C)(C)C)cc1-2)[CH]1C=CC=C1.[Cl-].[Cl-]. The molecule has 0 saturated heterocycles. The molecular weight excluding hydrogens is 643 g/mol. The van der Waals surface area contributed by atoms with Crippen molar-refractivity contribution in [1.29, 1.82) is 0 Å². The van der Waals surface area contributed by atoms with Crippen LogP contribution in [0.25, 0.3) is 11.1 Å². The van der Waals surface area contributed by atoms with Crippen LogP contribution in [0.1, 0.15) is 107 Å². The molecule has 0 radical (unpaired) electrons. The van der Waals surface area contributed by atoms with E-state index in [0.29, 0.717) is 3.63 Å². The number of rotatable bonds is 7. The summed E-state index contributed by atoms with van der Waals surface area (Å²) in [7, 11) is 0. The van der Waals surface area contributed by atoms with Gasteiger partial charge < -0.3 is 24.8 Å². The van der Waals surface area contributed by atoms with Gasteiger partial charge in [-0.25, -0.2) is 0 Å². The fraction of sp³-hybridized carbons (Fsp3) is 0.425. The molecular formula is C40H50Cl2Zr. The molecule has 0 amide bonds. The third-order valence-electron chi connectivity index (χ3n) is 9.24. The molecule has 0 atom stereocenters. The summed E-state index contributed by atoms with van der Waals surface area (Å²) in [6.45, 7) is 21.5. The Bertz CT molecular complexity index is 1530. The number of hydrogen-bond donors (Lipinski definition) is 0. The summed E-state index contributed by atoms with van der Waals surface area (Å²) >= 11 is -2.41. The molecule has 228 valence electrons. The first-order chi connectivity index (χ1) is 19.4. The fourth-order valence-electron chi connectivity index (χ4n) is 7.32. The number of benzene rings is 3. The minimum absolute atomic E-state index is 0. The van der Waals surface area contributed by atoms with Gasteiger partial charge in [-0.15, -0.1) is 0 Å². The summed E-state index contributed by atoms with van der Waals surface area (Å²) in [6, 6.07) is 19.0. The van der Waals surface area contributed by atoms with Crippen molar-refractivity contribution in [2.24, 2.45) is 0 Å².